The first-order valence-corrected chi connectivity index (χ1v) is 7.63. The predicted molar refractivity (Wildman–Crippen MR) is 70.5 cm³/mol. The van der Waals surface area contributed by atoms with Crippen LogP contribution in [0.1, 0.15) is 0 Å². The van der Waals surface area contributed by atoms with Crippen molar-refractivity contribution in [3.05, 3.63) is 28.1 Å². The summed E-state index contributed by atoms with van der Waals surface area (Å²) in [7, 11) is -1.84. The molecule has 0 bridgehead atoms. The van der Waals surface area contributed by atoms with Gasteiger partial charge in [-0.1, -0.05) is 0 Å². The van der Waals surface area contributed by atoms with E-state index in [2.05, 4.69) is 0 Å². The van der Waals surface area contributed by atoms with Gasteiger partial charge in [0.15, 0.2) is 21.4 Å². The minimum absolute atomic E-state index is 0.0795. The van der Waals surface area contributed by atoms with E-state index in [1.165, 1.54) is 13.2 Å². The number of benzene rings is 1. The van der Waals surface area contributed by atoms with Gasteiger partial charge in [-0.2, -0.15) is 0 Å². The SMILES string of the molecule is COc1cc(N2CCS(=O)(=O)CC2)c([N+](=O)[O-])cc1F. The monoisotopic (exact) mass is 304 g/mol. The molecule has 0 unspecified atom stereocenters. The van der Waals surface area contributed by atoms with Gasteiger partial charge in [0, 0.05) is 19.2 Å². The Hall–Kier alpha value is -1.90. The van der Waals surface area contributed by atoms with Gasteiger partial charge in [-0.15, -0.1) is 0 Å². The summed E-state index contributed by atoms with van der Waals surface area (Å²) in [6.07, 6.45) is 0. The molecule has 1 aliphatic heterocycles. The molecule has 1 heterocycles. The number of methoxy groups -OCH3 is 1. The van der Waals surface area contributed by atoms with E-state index in [4.69, 9.17) is 4.74 Å². The molecule has 0 aromatic heterocycles. The highest BCUT2D eigenvalue weighted by atomic mass is 32.2. The van der Waals surface area contributed by atoms with Crippen molar-refractivity contribution in [2.45, 2.75) is 0 Å². The topological polar surface area (TPSA) is 89.8 Å². The molecule has 0 amide bonds. The number of anilines is 1. The van der Waals surface area contributed by atoms with E-state index in [0.717, 1.165) is 6.07 Å². The quantitative estimate of drug-likeness (QED) is 0.611. The molecule has 1 aromatic carbocycles. The highest BCUT2D eigenvalue weighted by Gasteiger charge is 2.28. The lowest BCUT2D eigenvalue weighted by Crippen LogP contribution is -2.40. The van der Waals surface area contributed by atoms with Crippen molar-refractivity contribution in [2.24, 2.45) is 0 Å². The molecule has 0 N–H and O–H groups in total. The van der Waals surface area contributed by atoms with Gasteiger partial charge in [0.05, 0.1) is 29.6 Å². The van der Waals surface area contributed by atoms with E-state index in [1.54, 1.807) is 4.90 Å². The van der Waals surface area contributed by atoms with Crippen LogP contribution in [0.3, 0.4) is 0 Å². The van der Waals surface area contributed by atoms with Crippen LogP contribution in [0.4, 0.5) is 15.8 Å². The lowest BCUT2D eigenvalue weighted by Gasteiger charge is -2.28. The Morgan fingerprint density at radius 2 is 1.95 bits per heavy atom. The second-order valence-corrected chi connectivity index (χ2v) is 6.68. The molecule has 0 spiro atoms. The number of hydrogen-bond donors (Lipinski definition) is 0. The second kappa shape index (κ2) is 5.23. The molecular formula is C11H13FN2O5S. The average molecular weight is 304 g/mol. The summed E-state index contributed by atoms with van der Waals surface area (Å²) >= 11 is 0. The third kappa shape index (κ3) is 2.82. The minimum Gasteiger partial charge on any atom is -0.494 e. The summed E-state index contributed by atoms with van der Waals surface area (Å²) in [4.78, 5) is 11.9. The Bertz CT molecular complexity index is 632. The summed E-state index contributed by atoms with van der Waals surface area (Å²) in [5, 5.41) is 11.0. The Kier molecular flexibility index (Phi) is 3.80. The average Bonchev–Trinajstić information content (AvgIpc) is 2.38. The van der Waals surface area contributed by atoms with Crippen LogP contribution in [0.15, 0.2) is 12.1 Å². The van der Waals surface area contributed by atoms with Crippen LogP contribution < -0.4 is 9.64 Å². The Balaban J connectivity index is 2.42. The normalized spacial score (nSPS) is 17.8. The Morgan fingerprint density at radius 1 is 1.35 bits per heavy atom. The molecular weight excluding hydrogens is 291 g/mol. The van der Waals surface area contributed by atoms with Gasteiger partial charge < -0.3 is 9.64 Å². The van der Waals surface area contributed by atoms with Crippen molar-refractivity contribution in [1.29, 1.82) is 0 Å². The number of nitrogens with zero attached hydrogens (tertiary/aromatic N) is 2. The number of hydrogen-bond acceptors (Lipinski definition) is 6. The fraction of sp³-hybridized carbons (Fsp3) is 0.455. The Labute approximate surface area is 115 Å². The van der Waals surface area contributed by atoms with Crippen molar-refractivity contribution in [3.8, 4) is 5.75 Å². The maximum atomic E-state index is 13.5. The van der Waals surface area contributed by atoms with Crippen LogP contribution in [0.5, 0.6) is 5.75 Å². The zero-order valence-corrected chi connectivity index (χ0v) is 11.5. The lowest BCUT2D eigenvalue weighted by molar-refractivity contribution is -0.384. The molecule has 1 saturated heterocycles. The standard InChI is InChI=1S/C11H13FN2O5S/c1-19-11-7-9(10(14(15)16)6-8(11)12)13-2-4-20(17,18)5-3-13/h6-7H,2-5H2,1H3. The summed E-state index contributed by atoms with van der Waals surface area (Å²) < 4.78 is 41.1. The van der Waals surface area contributed by atoms with Crippen molar-refractivity contribution in [3.63, 3.8) is 0 Å². The molecule has 1 aliphatic rings. The predicted octanol–water partition coefficient (Wildman–Crippen LogP) is 0.977. The third-order valence-electron chi connectivity index (χ3n) is 3.13. The zero-order valence-electron chi connectivity index (χ0n) is 10.7. The molecule has 1 aromatic rings. The summed E-state index contributed by atoms with van der Waals surface area (Å²) in [6.45, 7) is 0.274. The van der Waals surface area contributed by atoms with Crippen molar-refractivity contribution in [2.75, 3.05) is 36.6 Å². The molecule has 7 nitrogen and oxygen atoms in total. The number of ether oxygens (including phenoxy) is 1. The van der Waals surface area contributed by atoms with Crippen LogP contribution in [0.25, 0.3) is 0 Å². The first-order chi connectivity index (χ1) is 9.34. The Morgan fingerprint density at radius 3 is 2.45 bits per heavy atom. The first-order valence-electron chi connectivity index (χ1n) is 5.81. The van der Waals surface area contributed by atoms with Gasteiger partial charge in [0.25, 0.3) is 5.69 Å². The lowest BCUT2D eigenvalue weighted by atomic mass is 10.2. The molecule has 9 heteroatoms. The van der Waals surface area contributed by atoms with Crippen LogP contribution in [-0.2, 0) is 9.84 Å². The molecule has 0 radical (unpaired) electrons. The molecule has 1 fully saturated rings. The van der Waals surface area contributed by atoms with Gasteiger partial charge in [-0.3, -0.25) is 10.1 Å². The maximum Gasteiger partial charge on any atom is 0.295 e. The van der Waals surface area contributed by atoms with E-state index in [0.29, 0.717) is 0 Å². The van der Waals surface area contributed by atoms with Gasteiger partial charge in [-0.25, -0.2) is 12.8 Å². The second-order valence-electron chi connectivity index (χ2n) is 4.37. The molecule has 2 rings (SSSR count). The van der Waals surface area contributed by atoms with Crippen LogP contribution >= 0.6 is 0 Å². The van der Waals surface area contributed by atoms with Crippen molar-refractivity contribution < 1.29 is 22.5 Å². The smallest absolute Gasteiger partial charge is 0.295 e. The van der Waals surface area contributed by atoms with Gasteiger partial charge >= 0.3 is 0 Å². The number of nitro groups is 1. The van der Waals surface area contributed by atoms with Crippen LogP contribution in [0.2, 0.25) is 0 Å². The minimum atomic E-state index is -3.10. The van der Waals surface area contributed by atoms with Gasteiger partial charge in [-0.05, 0) is 0 Å². The summed E-state index contributed by atoms with van der Waals surface area (Å²) in [5.74, 6) is -1.10. The number of halogens is 1. The molecule has 20 heavy (non-hydrogen) atoms. The first kappa shape index (κ1) is 14.5. The molecule has 110 valence electrons. The van der Waals surface area contributed by atoms with Crippen LogP contribution in [0, 0.1) is 15.9 Å². The maximum absolute atomic E-state index is 13.5. The number of rotatable bonds is 3. The summed E-state index contributed by atoms with van der Waals surface area (Å²) in [5.41, 5.74) is -0.231. The fourth-order valence-electron chi connectivity index (χ4n) is 2.04. The van der Waals surface area contributed by atoms with Crippen LogP contribution in [-0.4, -0.2) is 45.0 Å². The molecule has 0 saturated carbocycles. The number of sulfone groups is 1. The zero-order chi connectivity index (χ0) is 14.9. The van der Waals surface area contributed by atoms with E-state index >= 15 is 0 Å². The highest BCUT2D eigenvalue weighted by molar-refractivity contribution is 7.91. The van der Waals surface area contributed by atoms with Gasteiger partial charge in [0.1, 0.15) is 5.69 Å². The van der Waals surface area contributed by atoms with E-state index in [9.17, 15) is 22.9 Å². The largest absolute Gasteiger partial charge is 0.494 e. The molecule has 0 atom stereocenters. The third-order valence-corrected chi connectivity index (χ3v) is 4.74. The van der Waals surface area contributed by atoms with E-state index in [-0.39, 0.29) is 36.0 Å². The van der Waals surface area contributed by atoms with Crippen molar-refractivity contribution in [1.82, 2.24) is 0 Å². The van der Waals surface area contributed by atoms with Gasteiger partial charge in [0.2, 0.25) is 0 Å². The highest BCUT2D eigenvalue weighted by Crippen LogP contribution is 2.35. The van der Waals surface area contributed by atoms with Crippen molar-refractivity contribution >= 4 is 21.2 Å². The summed E-state index contributed by atoms with van der Waals surface area (Å²) in [6, 6.07) is 2.02. The fourth-order valence-corrected chi connectivity index (χ4v) is 3.24. The van der Waals surface area contributed by atoms with E-state index in [1.807, 2.05) is 0 Å². The van der Waals surface area contributed by atoms with E-state index < -0.39 is 26.3 Å². The number of nitro benzene ring substituents is 1. The molecule has 0 aliphatic carbocycles.